The van der Waals surface area contributed by atoms with Gasteiger partial charge in [0, 0.05) is 12.1 Å². The smallest absolute Gasteiger partial charge is 0.325 e. The minimum atomic E-state index is -0.647. The third kappa shape index (κ3) is 5.38. The second kappa shape index (κ2) is 8.49. The number of amides is 2. The Morgan fingerprint density at radius 2 is 2.00 bits per heavy atom. The first-order valence-corrected chi connectivity index (χ1v) is 8.02. The van der Waals surface area contributed by atoms with E-state index in [-0.39, 0.29) is 29.0 Å². The summed E-state index contributed by atoms with van der Waals surface area (Å²) in [5, 5.41) is 15.4. The summed E-state index contributed by atoms with van der Waals surface area (Å²) < 4.78 is 5.28. The number of benzene rings is 1. The molecule has 2 N–H and O–H groups in total. The van der Waals surface area contributed by atoms with E-state index in [2.05, 4.69) is 10.6 Å². The highest BCUT2D eigenvalue weighted by Crippen LogP contribution is 2.26. The van der Waals surface area contributed by atoms with Crippen molar-refractivity contribution in [2.45, 2.75) is 38.2 Å². The van der Waals surface area contributed by atoms with Crippen LogP contribution in [0.25, 0.3) is 0 Å². The number of anilines is 1. The molecule has 0 spiro atoms. The first kappa shape index (κ1) is 18.0. The first-order valence-electron chi connectivity index (χ1n) is 7.64. The summed E-state index contributed by atoms with van der Waals surface area (Å²) in [6.07, 6.45) is 4.90. The number of esters is 1. The van der Waals surface area contributed by atoms with Gasteiger partial charge >= 0.3 is 12.0 Å². The Hall–Kier alpha value is -2.35. The monoisotopic (exact) mass is 355 g/mol. The lowest BCUT2D eigenvalue weighted by atomic mass is 9.98. The molecular weight excluding hydrogens is 338 g/mol. The molecule has 0 radical (unpaired) electrons. The second-order valence-corrected chi connectivity index (χ2v) is 5.89. The van der Waals surface area contributed by atoms with Crippen molar-refractivity contribution in [3.05, 3.63) is 33.3 Å². The van der Waals surface area contributed by atoms with Gasteiger partial charge in [0.1, 0.15) is 12.6 Å². The predicted molar refractivity (Wildman–Crippen MR) is 88.1 cm³/mol. The SMILES string of the molecule is O=C(NCC(=O)OC1CCCCC1)Nc1ccc([N+](=O)[O-])cc1Cl. The standard InChI is InChI=1S/C15H18ClN3O5/c16-12-8-10(19(22)23)6-7-13(12)18-15(21)17-9-14(20)24-11-4-2-1-3-5-11/h6-8,11H,1-5,9H2,(H2,17,18,21). The molecule has 9 heteroatoms. The highest BCUT2D eigenvalue weighted by atomic mass is 35.5. The third-order valence-corrected chi connectivity index (χ3v) is 3.97. The zero-order chi connectivity index (χ0) is 17.5. The van der Waals surface area contributed by atoms with E-state index in [4.69, 9.17) is 16.3 Å². The number of nitro benzene ring substituents is 1. The van der Waals surface area contributed by atoms with Crippen LogP contribution in [0.2, 0.25) is 5.02 Å². The van der Waals surface area contributed by atoms with Crippen LogP contribution < -0.4 is 10.6 Å². The molecule has 1 aromatic carbocycles. The van der Waals surface area contributed by atoms with Gasteiger partial charge in [-0.3, -0.25) is 14.9 Å². The highest BCUT2D eigenvalue weighted by Gasteiger charge is 2.18. The molecule has 2 amide bonds. The fourth-order valence-electron chi connectivity index (χ4n) is 2.45. The maximum absolute atomic E-state index is 11.8. The molecular formula is C15H18ClN3O5. The van der Waals surface area contributed by atoms with Crippen LogP contribution in [0.15, 0.2) is 18.2 Å². The van der Waals surface area contributed by atoms with Crippen molar-refractivity contribution in [2.75, 3.05) is 11.9 Å². The summed E-state index contributed by atoms with van der Waals surface area (Å²) in [5.74, 6) is -0.494. The van der Waals surface area contributed by atoms with Gasteiger partial charge in [-0.05, 0) is 31.7 Å². The molecule has 1 aliphatic rings. The molecule has 8 nitrogen and oxygen atoms in total. The summed E-state index contributed by atoms with van der Waals surface area (Å²) in [5.41, 5.74) is 0.0300. The highest BCUT2D eigenvalue weighted by molar-refractivity contribution is 6.33. The molecule has 2 rings (SSSR count). The number of rotatable bonds is 5. The number of nitrogens with zero attached hydrogens (tertiary/aromatic N) is 1. The van der Waals surface area contributed by atoms with Crippen molar-refractivity contribution in [1.29, 1.82) is 0 Å². The van der Waals surface area contributed by atoms with E-state index in [1.54, 1.807) is 0 Å². The number of nitro groups is 1. The van der Waals surface area contributed by atoms with E-state index >= 15 is 0 Å². The number of ether oxygens (including phenoxy) is 1. The topological polar surface area (TPSA) is 111 Å². The molecule has 1 saturated carbocycles. The number of urea groups is 1. The Balaban J connectivity index is 1.78. The van der Waals surface area contributed by atoms with Crippen molar-refractivity contribution < 1.29 is 19.2 Å². The number of carbonyl (C=O) groups excluding carboxylic acids is 2. The van der Waals surface area contributed by atoms with Crippen LogP contribution in [-0.4, -0.2) is 29.6 Å². The maximum atomic E-state index is 11.8. The largest absolute Gasteiger partial charge is 0.461 e. The summed E-state index contributed by atoms with van der Waals surface area (Å²) in [6.45, 7) is -0.257. The van der Waals surface area contributed by atoms with Crippen LogP contribution >= 0.6 is 11.6 Å². The Morgan fingerprint density at radius 3 is 2.62 bits per heavy atom. The summed E-state index contributed by atoms with van der Waals surface area (Å²) >= 11 is 5.87. The van der Waals surface area contributed by atoms with E-state index in [0.717, 1.165) is 38.2 Å². The minimum absolute atomic E-state index is 0.0316. The lowest BCUT2D eigenvalue weighted by Crippen LogP contribution is -2.35. The number of halogens is 1. The Kier molecular flexibility index (Phi) is 6.36. The Labute approximate surface area is 143 Å². The van der Waals surface area contributed by atoms with Gasteiger partial charge in [0.2, 0.25) is 0 Å². The van der Waals surface area contributed by atoms with Crippen molar-refractivity contribution >= 4 is 35.0 Å². The summed E-state index contributed by atoms with van der Waals surface area (Å²) in [6, 6.07) is 3.03. The molecule has 0 aliphatic heterocycles. The fourth-order valence-corrected chi connectivity index (χ4v) is 2.67. The van der Waals surface area contributed by atoms with Gasteiger partial charge in [0.15, 0.2) is 0 Å². The van der Waals surface area contributed by atoms with E-state index in [1.807, 2.05) is 0 Å². The fraction of sp³-hybridized carbons (Fsp3) is 0.467. The molecule has 130 valence electrons. The molecule has 1 aromatic rings. The molecule has 0 atom stereocenters. The normalized spacial score (nSPS) is 14.7. The zero-order valence-electron chi connectivity index (χ0n) is 12.9. The summed E-state index contributed by atoms with van der Waals surface area (Å²) in [7, 11) is 0. The molecule has 0 unspecified atom stereocenters. The second-order valence-electron chi connectivity index (χ2n) is 5.48. The molecule has 0 aromatic heterocycles. The van der Waals surface area contributed by atoms with E-state index in [0.29, 0.717) is 0 Å². The summed E-state index contributed by atoms with van der Waals surface area (Å²) in [4.78, 5) is 33.5. The van der Waals surface area contributed by atoms with Crippen LogP contribution in [-0.2, 0) is 9.53 Å². The van der Waals surface area contributed by atoms with Gasteiger partial charge in [-0.1, -0.05) is 18.0 Å². The molecule has 0 saturated heterocycles. The number of nitrogens with one attached hydrogen (secondary N) is 2. The van der Waals surface area contributed by atoms with E-state index < -0.39 is 16.9 Å². The minimum Gasteiger partial charge on any atom is -0.461 e. The van der Waals surface area contributed by atoms with Crippen molar-refractivity contribution in [3.63, 3.8) is 0 Å². The van der Waals surface area contributed by atoms with Crippen molar-refractivity contribution in [1.82, 2.24) is 5.32 Å². The third-order valence-electron chi connectivity index (χ3n) is 3.66. The Bertz CT molecular complexity index is 632. The maximum Gasteiger partial charge on any atom is 0.325 e. The van der Waals surface area contributed by atoms with Crippen molar-refractivity contribution in [2.24, 2.45) is 0 Å². The molecule has 1 fully saturated rings. The van der Waals surface area contributed by atoms with Gasteiger partial charge in [-0.2, -0.15) is 0 Å². The first-order chi connectivity index (χ1) is 11.5. The molecule has 1 aliphatic carbocycles. The molecule has 0 bridgehead atoms. The number of hydrogen-bond acceptors (Lipinski definition) is 5. The number of hydrogen-bond donors (Lipinski definition) is 2. The molecule has 24 heavy (non-hydrogen) atoms. The predicted octanol–water partition coefficient (Wildman–Crippen LogP) is 3.25. The lowest BCUT2D eigenvalue weighted by molar-refractivity contribution is -0.384. The van der Waals surface area contributed by atoms with Crippen LogP contribution in [0.3, 0.4) is 0 Å². The zero-order valence-corrected chi connectivity index (χ0v) is 13.7. The van der Waals surface area contributed by atoms with Gasteiger partial charge in [0.25, 0.3) is 5.69 Å². The Morgan fingerprint density at radius 1 is 1.29 bits per heavy atom. The average Bonchev–Trinajstić information content (AvgIpc) is 2.55. The van der Waals surface area contributed by atoms with Crippen LogP contribution in [0, 0.1) is 10.1 Å². The van der Waals surface area contributed by atoms with Gasteiger partial charge < -0.3 is 15.4 Å². The number of non-ortho nitro benzene ring substituents is 1. The van der Waals surface area contributed by atoms with Crippen LogP contribution in [0.4, 0.5) is 16.2 Å². The van der Waals surface area contributed by atoms with Gasteiger partial charge in [-0.15, -0.1) is 0 Å². The van der Waals surface area contributed by atoms with Gasteiger partial charge in [0.05, 0.1) is 15.6 Å². The van der Waals surface area contributed by atoms with E-state index in [9.17, 15) is 19.7 Å². The number of carbonyl (C=O) groups is 2. The average molecular weight is 356 g/mol. The van der Waals surface area contributed by atoms with Gasteiger partial charge in [-0.25, -0.2) is 4.79 Å². The van der Waals surface area contributed by atoms with Crippen LogP contribution in [0.1, 0.15) is 32.1 Å². The van der Waals surface area contributed by atoms with Crippen LogP contribution in [0.5, 0.6) is 0 Å². The quantitative estimate of drug-likeness (QED) is 0.478. The van der Waals surface area contributed by atoms with Crippen molar-refractivity contribution in [3.8, 4) is 0 Å². The van der Waals surface area contributed by atoms with E-state index in [1.165, 1.54) is 12.1 Å². The lowest BCUT2D eigenvalue weighted by Gasteiger charge is -2.21. The molecule has 0 heterocycles.